The molecule has 0 spiro atoms. The Balaban J connectivity index is 1.85. The highest BCUT2D eigenvalue weighted by Crippen LogP contribution is 2.60. The molecule has 0 amide bonds. The summed E-state index contributed by atoms with van der Waals surface area (Å²) in [6.07, 6.45) is 12.3. The number of alkyl halides is 1. The van der Waals surface area contributed by atoms with E-state index < -0.39 is 6.01 Å². The van der Waals surface area contributed by atoms with Gasteiger partial charge in [-0.3, -0.25) is 9.59 Å². The van der Waals surface area contributed by atoms with Gasteiger partial charge in [0.15, 0.2) is 5.78 Å². The maximum atomic E-state index is 12.9. The Hall–Kier alpha value is -1.42. The second-order valence-electron chi connectivity index (χ2n) is 7.63. The van der Waals surface area contributed by atoms with Gasteiger partial charge in [0.05, 0.1) is 4.91 Å². The molecule has 0 aromatic heterocycles. The molecular formula is C20H21FO2S. The number of carbonyl (C=O) groups excluding carboxylic acids is 2. The van der Waals surface area contributed by atoms with E-state index >= 15 is 0 Å². The number of hydrogen-bond acceptors (Lipinski definition) is 3. The van der Waals surface area contributed by atoms with E-state index in [1.54, 1.807) is 6.08 Å². The van der Waals surface area contributed by atoms with Gasteiger partial charge in [-0.15, -0.1) is 0 Å². The highest BCUT2D eigenvalue weighted by Gasteiger charge is 2.54. The van der Waals surface area contributed by atoms with E-state index in [0.717, 1.165) is 30.2 Å². The summed E-state index contributed by atoms with van der Waals surface area (Å²) in [5.74, 6) is 0.845. The molecular weight excluding hydrogens is 323 g/mol. The fraction of sp³-hybridized carbons (Fsp3) is 0.500. The average molecular weight is 344 g/mol. The topological polar surface area (TPSA) is 34.1 Å². The standard InChI is InChI=1S/C20H21FO2S/c1-19-10-8-16(22)18(24-11-21)15(19)4-3-12-13-5-6-17(23)20(13,2)9-7-14(12)19/h3-4,7-8,10,12-13H,5-6,9,11H2,1-2H3. The number of halogens is 1. The lowest BCUT2D eigenvalue weighted by Crippen LogP contribution is -2.42. The second-order valence-corrected chi connectivity index (χ2v) is 8.55. The molecule has 0 saturated heterocycles. The first-order valence-electron chi connectivity index (χ1n) is 8.51. The van der Waals surface area contributed by atoms with Gasteiger partial charge in [-0.05, 0) is 37.3 Å². The van der Waals surface area contributed by atoms with Crippen LogP contribution in [0.1, 0.15) is 33.1 Å². The number of carbonyl (C=O) groups is 2. The normalized spacial score (nSPS) is 40.4. The average Bonchev–Trinajstić information content (AvgIpc) is 2.86. The van der Waals surface area contributed by atoms with Crippen LogP contribution in [0.3, 0.4) is 0 Å². The molecule has 126 valence electrons. The van der Waals surface area contributed by atoms with E-state index in [2.05, 4.69) is 26.0 Å². The van der Waals surface area contributed by atoms with Gasteiger partial charge in [0.1, 0.15) is 11.8 Å². The Morgan fingerprint density at radius 1 is 1.29 bits per heavy atom. The predicted molar refractivity (Wildman–Crippen MR) is 94.0 cm³/mol. The first kappa shape index (κ1) is 16.1. The quantitative estimate of drug-likeness (QED) is 0.689. The van der Waals surface area contributed by atoms with Gasteiger partial charge in [0.2, 0.25) is 0 Å². The lowest BCUT2D eigenvalue weighted by Gasteiger charge is -2.48. The third-order valence-corrected chi connectivity index (χ3v) is 7.36. The third kappa shape index (κ3) is 1.95. The molecule has 0 N–H and O–H groups in total. The predicted octanol–water partition coefficient (Wildman–Crippen LogP) is 4.55. The zero-order valence-electron chi connectivity index (χ0n) is 14.0. The molecule has 1 fully saturated rings. The van der Waals surface area contributed by atoms with E-state index in [4.69, 9.17) is 0 Å². The Morgan fingerprint density at radius 3 is 2.83 bits per heavy atom. The second kappa shape index (κ2) is 5.29. The maximum absolute atomic E-state index is 12.9. The summed E-state index contributed by atoms with van der Waals surface area (Å²) in [7, 11) is 0. The number of allylic oxidation sites excluding steroid dienone is 8. The minimum atomic E-state index is -0.597. The molecule has 4 aliphatic rings. The van der Waals surface area contributed by atoms with E-state index in [1.165, 1.54) is 5.57 Å². The van der Waals surface area contributed by atoms with Crippen molar-refractivity contribution < 1.29 is 14.0 Å². The van der Waals surface area contributed by atoms with Crippen molar-refractivity contribution in [3.8, 4) is 0 Å². The van der Waals surface area contributed by atoms with Gasteiger partial charge in [0.25, 0.3) is 0 Å². The molecule has 0 bridgehead atoms. The number of ketones is 2. The minimum absolute atomic E-state index is 0.106. The van der Waals surface area contributed by atoms with Crippen LogP contribution in [0, 0.1) is 22.7 Å². The van der Waals surface area contributed by atoms with Crippen LogP contribution < -0.4 is 0 Å². The van der Waals surface area contributed by atoms with Crippen molar-refractivity contribution in [3.05, 3.63) is 46.4 Å². The van der Waals surface area contributed by atoms with Gasteiger partial charge in [0, 0.05) is 23.2 Å². The number of thioether (sulfide) groups is 1. The van der Waals surface area contributed by atoms with Gasteiger partial charge in [-0.2, -0.15) is 0 Å². The molecule has 0 radical (unpaired) electrons. The van der Waals surface area contributed by atoms with Crippen LogP contribution in [0.25, 0.3) is 0 Å². The molecule has 24 heavy (non-hydrogen) atoms. The molecule has 2 nitrogen and oxygen atoms in total. The van der Waals surface area contributed by atoms with Crippen LogP contribution in [0.5, 0.6) is 0 Å². The molecule has 0 aliphatic heterocycles. The van der Waals surface area contributed by atoms with Crippen molar-refractivity contribution in [2.24, 2.45) is 22.7 Å². The Bertz CT molecular complexity index is 760. The van der Waals surface area contributed by atoms with E-state index in [9.17, 15) is 14.0 Å². The zero-order valence-corrected chi connectivity index (χ0v) is 14.8. The van der Waals surface area contributed by atoms with E-state index in [0.29, 0.717) is 23.0 Å². The summed E-state index contributed by atoms with van der Waals surface area (Å²) in [6.45, 7) is 4.22. The summed E-state index contributed by atoms with van der Waals surface area (Å²) in [4.78, 5) is 25.1. The summed E-state index contributed by atoms with van der Waals surface area (Å²) < 4.78 is 12.9. The Kier molecular flexibility index (Phi) is 3.54. The molecule has 4 unspecified atom stereocenters. The Morgan fingerprint density at radius 2 is 2.08 bits per heavy atom. The smallest absolute Gasteiger partial charge is 0.192 e. The van der Waals surface area contributed by atoms with Gasteiger partial charge >= 0.3 is 0 Å². The van der Waals surface area contributed by atoms with Gasteiger partial charge in [-0.1, -0.05) is 48.6 Å². The van der Waals surface area contributed by atoms with Gasteiger partial charge < -0.3 is 0 Å². The monoisotopic (exact) mass is 344 g/mol. The largest absolute Gasteiger partial charge is 0.299 e. The molecule has 4 heteroatoms. The molecule has 0 aromatic rings. The summed E-state index contributed by atoms with van der Waals surface area (Å²) >= 11 is 0.983. The van der Waals surface area contributed by atoms with Crippen LogP contribution in [-0.2, 0) is 9.59 Å². The van der Waals surface area contributed by atoms with Crippen LogP contribution in [0.2, 0.25) is 0 Å². The first-order valence-corrected chi connectivity index (χ1v) is 9.49. The SMILES string of the molecule is CC12C=CC(=O)C(SCF)=C1C=CC1C2=CCC2(C)C(=O)CCC12. The summed E-state index contributed by atoms with van der Waals surface area (Å²) in [5, 5.41) is 0. The van der Waals surface area contributed by atoms with E-state index in [1.807, 2.05) is 12.2 Å². The maximum Gasteiger partial charge on any atom is 0.192 e. The molecule has 4 rings (SSSR count). The lowest BCUT2D eigenvalue weighted by molar-refractivity contribution is -0.126. The van der Waals surface area contributed by atoms with Crippen molar-refractivity contribution in [2.45, 2.75) is 33.1 Å². The van der Waals surface area contributed by atoms with Crippen molar-refractivity contribution in [3.63, 3.8) is 0 Å². The van der Waals surface area contributed by atoms with Crippen molar-refractivity contribution in [1.29, 1.82) is 0 Å². The van der Waals surface area contributed by atoms with Crippen LogP contribution >= 0.6 is 11.8 Å². The molecule has 0 aromatic carbocycles. The number of rotatable bonds is 2. The van der Waals surface area contributed by atoms with Gasteiger partial charge in [-0.25, -0.2) is 4.39 Å². The lowest BCUT2D eigenvalue weighted by atomic mass is 9.55. The van der Waals surface area contributed by atoms with Crippen molar-refractivity contribution in [2.75, 3.05) is 6.01 Å². The molecule has 0 heterocycles. The highest BCUT2D eigenvalue weighted by molar-refractivity contribution is 8.03. The molecule has 1 saturated carbocycles. The first-order chi connectivity index (χ1) is 11.4. The van der Waals surface area contributed by atoms with Crippen molar-refractivity contribution >= 4 is 23.3 Å². The minimum Gasteiger partial charge on any atom is -0.299 e. The number of hydrogen-bond donors (Lipinski definition) is 0. The summed E-state index contributed by atoms with van der Waals surface area (Å²) in [5.41, 5.74) is 1.57. The number of fused-ring (bicyclic) bond motifs is 5. The fourth-order valence-corrected chi connectivity index (χ4v) is 5.84. The molecule has 4 aliphatic carbocycles. The fourth-order valence-electron chi connectivity index (χ4n) is 5.09. The van der Waals surface area contributed by atoms with Crippen LogP contribution in [-0.4, -0.2) is 17.6 Å². The Labute approximate surface area is 146 Å². The number of Topliss-reactive ketones (excluding diaryl/α,β-unsaturated/α-hetero) is 1. The van der Waals surface area contributed by atoms with Crippen molar-refractivity contribution in [1.82, 2.24) is 0 Å². The van der Waals surface area contributed by atoms with E-state index in [-0.39, 0.29) is 22.5 Å². The van der Waals surface area contributed by atoms with Crippen LogP contribution in [0.15, 0.2) is 46.4 Å². The zero-order chi connectivity index (χ0) is 17.1. The highest BCUT2D eigenvalue weighted by atomic mass is 32.2. The third-order valence-electron chi connectivity index (χ3n) is 6.54. The summed E-state index contributed by atoms with van der Waals surface area (Å²) in [6, 6.07) is -0.597. The molecule has 4 atom stereocenters. The van der Waals surface area contributed by atoms with Crippen LogP contribution in [0.4, 0.5) is 4.39 Å².